The number of carbonyl (C=O) groups excluding carboxylic acids is 2. The van der Waals surface area contributed by atoms with Gasteiger partial charge in [0.25, 0.3) is 5.91 Å². The average molecular weight is 366 g/mol. The number of carbonyl (C=O) groups is 2. The lowest BCUT2D eigenvalue weighted by Gasteiger charge is -2.13. The van der Waals surface area contributed by atoms with Crippen LogP contribution in [0.2, 0.25) is 0 Å². The highest BCUT2D eigenvalue weighted by atomic mass is 16.5. The average Bonchev–Trinajstić information content (AvgIpc) is 2.71. The van der Waals surface area contributed by atoms with E-state index in [-0.39, 0.29) is 17.0 Å². The van der Waals surface area contributed by atoms with Gasteiger partial charge in [0, 0.05) is 22.5 Å². The summed E-state index contributed by atoms with van der Waals surface area (Å²) in [5, 5.41) is 0.901. The highest BCUT2D eigenvalue weighted by Crippen LogP contribution is 2.35. The Balaban J connectivity index is 2.28. The van der Waals surface area contributed by atoms with Crippen molar-refractivity contribution in [3.63, 3.8) is 0 Å². The van der Waals surface area contributed by atoms with Crippen molar-refractivity contribution in [2.45, 2.75) is 0 Å². The van der Waals surface area contributed by atoms with Crippen LogP contribution in [0.3, 0.4) is 0 Å². The summed E-state index contributed by atoms with van der Waals surface area (Å²) in [6.07, 6.45) is 1.30. The van der Waals surface area contributed by atoms with Gasteiger partial charge in [0.15, 0.2) is 11.5 Å². The molecule has 0 saturated heterocycles. The molecule has 3 rings (SSSR count). The van der Waals surface area contributed by atoms with E-state index in [4.69, 9.17) is 19.9 Å². The van der Waals surface area contributed by atoms with E-state index in [2.05, 4.69) is 4.98 Å². The minimum atomic E-state index is -0.653. The van der Waals surface area contributed by atoms with Gasteiger partial charge in [-0.25, -0.2) is 0 Å². The first-order valence-electron chi connectivity index (χ1n) is 8.03. The number of ketones is 1. The monoisotopic (exact) mass is 366 g/mol. The number of nitrogens with two attached hydrogens (primary N) is 1. The second-order valence-corrected chi connectivity index (χ2v) is 5.70. The fourth-order valence-electron chi connectivity index (χ4n) is 2.84. The molecule has 138 valence electrons. The summed E-state index contributed by atoms with van der Waals surface area (Å²) < 4.78 is 15.8. The Hall–Kier alpha value is -3.61. The summed E-state index contributed by atoms with van der Waals surface area (Å²) in [6.45, 7) is 0. The van der Waals surface area contributed by atoms with Crippen LogP contribution in [0, 0.1) is 0 Å². The van der Waals surface area contributed by atoms with Gasteiger partial charge in [-0.15, -0.1) is 0 Å². The van der Waals surface area contributed by atoms with E-state index >= 15 is 0 Å². The Labute approximate surface area is 155 Å². The summed E-state index contributed by atoms with van der Waals surface area (Å²) >= 11 is 0. The molecule has 1 amide bonds. The van der Waals surface area contributed by atoms with Crippen LogP contribution in [0.15, 0.2) is 42.6 Å². The zero-order chi connectivity index (χ0) is 19.6. The number of rotatable bonds is 6. The first-order valence-corrected chi connectivity index (χ1v) is 8.03. The zero-order valence-electron chi connectivity index (χ0n) is 15.1. The second kappa shape index (κ2) is 7.33. The molecule has 0 radical (unpaired) electrons. The van der Waals surface area contributed by atoms with E-state index in [0.717, 1.165) is 0 Å². The van der Waals surface area contributed by atoms with Crippen LogP contribution in [0.25, 0.3) is 10.8 Å². The van der Waals surface area contributed by atoms with Gasteiger partial charge in [0.05, 0.1) is 26.9 Å². The summed E-state index contributed by atoms with van der Waals surface area (Å²) in [4.78, 5) is 29.1. The smallest absolute Gasteiger partial charge is 0.250 e. The van der Waals surface area contributed by atoms with Crippen molar-refractivity contribution in [1.82, 2.24) is 4.98 Å². The van der Waals surface area contributed by atoms with Gasteiger partial charge in [-0.2, -0.15) is 0 Å². The van der Waals surface area contributed by atoms with E-state index in [9.17, 15) is 9.59 Å². The lowest BCUT2D eigenvalue weighted by molar-refractivity contribution is 0.0997. The predicted molar refractivity (Wildman–Crippen MR) is 99.8 cm³/mol. The molecule has 0 bridgehead atoms. The van der Waals surface area contributed by atoms with Gasteiger partial charge in [0.1, 0.15) is 11.4 Å². The summed E-state index contributed by atoms with van der Waals surface area (Å²) in [6, 6.07) is 9.97. The molecule has 0 fully saturated rings. The third-order valence-corrected chi connectivity index (χ3v) is 4.20. The van der Waals surface area contributed by atoms with Crippen LogP contribution in [0.1, 0.15) is 26.4 Å². The number of nitrogens with zero attached hydrogens (tertiary/aromatic N) is 1. The van der Waals surface area contributed by atoms with Crippen molar-refractivity contribution in [3.05, 3.63) is 59.4 Å². The fourth-order valence-corrected chi connectivity index (χ4v) is 2.84. The quantitative estimate of drug-likeness (QED) is 0.673. The molecule has 7 heteroatoms. The lowest BCUT2D eigenvalue weighted by atomic mass is 9.98. The summed E-state index contributed by atoms with van der Waals surface area (Å²) in [5.74, 6) is 0.409. The van der Waals surface area contributed by atoms with Gasteiger partial charge in [0.2, 0.25) is 5.78 Å². The topological polar surface area (TPSA) is 101 Å². The maximum Gasteiger partial charge on any atom is 0.250 e. The van der Waals surface area contributed by atoms with E-state index < -0.39 is 5.91 Å². The molecular formula is C20H18N2O5. The maximum atomic E-state index is 13.1. The molecule has 0 aliphatic rings. The van der Waals surface area contributed by atoms with Crippen LogP contribution < -0.4 is 19.9 Å². The Morgan fingerprint density at radius 2 is 1.59 bits per heavy atom. The van der Waals surface area contributed by atoms with Crippen LogP contribution in [-0.4, -0.2) is 38.0 Å². The zero-order valence-corrected chi connectivity index (χ0v) is 15.1. The summed E-state index contributed by atoms with van der Waals surface area (Å²) in [5.41, 5.74) is 6.23. The lowest BCUT2D eigenvalue weighted by Crippen LogP contribution is -2.14. The Morgan fingerprint density at radius 3 is 2.19 bits per heavy atom. The molecule has 2 aromatic carbocycles. The van der Waals surface area contributed by atoms with Crippen LogP contribution in [0.4, 0.5) is 0 Å². The number of hydrogen-bond donors (Lipinski definition) is 1. The van der Waals surface area contributed by atoms with Crippen molar-refractivity contribution >= 4 is 22.5 Å². The molecule has 3 aromatic rings. The first kappa shape index (κ1) is 18.2. The number of fused-ring (bicyclic) bond motifs is 1. The standard InChI is InChI=1S/C20H18N2O5/c1-25-12-6-4-5-11(7-12)19(23)18-14-9-17(27-3)16(26-2)8-13(14)15(10-22-18)20(21)24/h4-10H,1-3H3,(H2,21,24). The largest absolute Gasteiger partial charge is 0.497 e. The third-order valence-electron chi connectivity index (χ3n) is 4.20. The first-order chi connectivity index (χ1) is 13.0. The fraction of sp³-hybridized carbons (Fsp3) is 0.150. The molecule has 27 heavy (non-hydrogen) atoms. The molecule has 0 aliphatic carbocycles. The van der Waals surface area contributed by atoms with E-state index in [1.165, 1.54) is 27.5 Å². The number of amides is 1. The van der Waals surface area contributed by atoms with Gasteiger partial charge in [-0.1, -0.05) is 12.1 Å². The van der Waals surface area contributed by atoms with Gasteiger partial charge in [-0.05, 0) is 24.3 Å². The number of methoxy groups -OCH3 is 3. The van der Waals surface area contributed by atoms with Crippen molar-refractivity contribution in [1.29, 1.82) is 0 Å². The molecule has 1 aromatic heterocycles. The second-order valence-electron chi connectivity index (χ2n) is 5.70. The number of aromatic nitrogens is 1. The van der Waals surface area contributed by atoms with E-state index in [0.29, 0.717) is 33.6 Å². The van der Waals surface area contributed by atoms with E-state index in [1.807, 2.05) is 0 Å². The molecular weight excluding hydrogens is 348 g/mol. The van der Waals surface area contributed by atoms with Crippen LogP contribution >= 0.6 is 0 Å². The van der Waals surface area contributed by atoms with Crippen molar-refractivity contribution in [2.75, 3.05) is 21.3 Å². The minimum absolute atomic E-state index is 0.171. The van der Waals surface area contributed by atoms with Gasteiger partial charge < -0.3 is 19.9 Å². The molecule has 0 saturated carbocycles. The van der Waals surface area contributed by atoms with Crippen LogP contribution in [0.5, 0.6) is 17.2 Å². The molecule has 0 spiro atoms. The number of pyridine rings is 1. The highest BCUT2D eigenvalue weighted by molar-refractivity contribution is 6.18. The number of primary amides is 1. The predicted octanol–water partition coefficient (Wildman–Crippen LogP) is 2.59. The summed E-state index contributed by atoms with van der Waals surface area (Å²) in [7, 11) is 4.49. The Kier molecular flexibility index (Phi) is 4.94. The highest BCUT2D eigenvalue weighted by Gasteiger charge is 2.21. The SMILES string of the molecule is COc1cccc(C(=O)c2ncc(C(N)=O)c3cc(OC)c(OC)cc23)c1. The maximum absolute atomic E-state index is 13.1. The molecule has 2 N–H and O–H groups in total. The molecule has 7 nitrogen and oxygen atoms in total. The molecule has 1 heterocycles. The van der Waals surface area contributed by atoms with Crippen LogP contribution in [-0.2, 0) is 0 Å². The van der Waals surface area contributed by atoms with Crippen molar-refractivity contribution < 1.29 is 23.8 Å². The normalized spacial score (nSPS) is 10.5. The number of benzene rings is 2. The number of hydrogen-bond acceptors (Lipinski definition) is 6. The number of ether oxygens (including phenoxy) is 3. The van der Waals surface area contributed by atoms with Crippen molar-refractivity contribution in [2.24, 2.45) is 5.73 Å². The molecule has 0 aliphatic heterocycles. The van der Waals surface area contributed by atoms with Crippen molar-refractivity contribution in [3.8, 4) is 17.2 Å². The van der Waals surface area contributed by atoms with Gasteiger partial charge in [-0.3, -0.25) is 14.6 Å². The Morgan fingerprint density at radius 1 is 0.926 bits per heavy atom. The van der Waals surface area contributed by atoms with E-state index in [1.54, 1.807) is 36.4 Å². The minimum Gasteiger partial charge on any atom is -0.497 e. The van der Waals surface area contributed by atoms with Gasteiger partial charge >= 0.3 is 0 Å². The molecule has 0 unspecified atom stereocenters. The molecule has 0 atom stereocenters. The Bertz CT molecular complexity index is 1050. The third kappa shape index (κ3) is 3.27.